The monoisotopic (exact) mass is 413 g/mol. The molecule has 3 rings (SSSR count). The van der Waals surface area contributed by atoms with Gasteiger partial charge in [-0.15, -0.1) is 11.3 Å². The van der Waals surface area contributed by atoms with E-state index in [1.165, 1.54) is 11.3 Å². The van der Waals surface area contributed by atoms with Gasteiger partial charge in [0.1, 0.15) is 10.7 Å². The highest BCUT2D eigenvalue weighted by atomic mass is 32.1. The molecule has 0 bridgehead atoms. The van der Waals surface area contributed by atoms with E-state index < -0.39 is 5.97 Å². The summed E-state index contributed by atoms with van der Waals surface area (Å²) in [4.78, 5) is 42.4. The molecule has 0 fully saturated rings. The maximum Gasteiger partial charge on any atom is 0.303 e. The molecular formula is C21H23N3O4S. The Labute approximate surface area is 172 Å². The summed E-state index contributed by atoms with van der Waals surface area (Å²) in [5, 5.41) is 12.2. The van der Waals surface area contributed by atoms with Gasteiger partial charge < -0.3 is 10.4 Å². The van der Waals surface area contributed by atoms with Crippen LogP contribution in [0, 0.1) is 6.92 Å². The Hall–Kier alpha value is -3.00. The van der Waals surface area contributed by atoms with Crippen LogP contribution in [0.4, 0.5) is 5.69 Å². The zero-order chi connectivity index (χ0) is 21.0. The number of carboxylic acid groups (broad SMARTS) is 1. The lowest BCUT2D eigenvalue weighted by atomic mass is 10.2. The summed E-state index contributed by atoms with van der Waals surface area (Å²) in [6, 6.07) is 9.14. The summed E-state index contributed by atoms with van der Waals surface area (Å²) in [6.45, 7) is 4.05. The Balaban J connectivity index is 2.01. The van der Waals surface area contributed by atoms with Crippen molar-refractivity contribution in [1.29, 1.82) is 0 Å². The summed E-state index contributed by atoms with van der Waals surface area (Å²) in [7, 11) is 0. The molecule has 7 nitrogen and oxygen atoms in total. The number of anilines is 1. The van der Waals surface area contributed by atoms with Crippen LogP contribution in [0.25, 0.3) is 10.2 Å². The van der Waals surface area contributed by atoms with Crippen molar-refractivity contribution in [1.82, 2.24) is 9.55 Å². The van der Waals surface area contributed by atoms with E-state index in [-0.39, 0.29) is 17.9 Å². The lowest BCUT2D eigenvalue weighted by Crippen LogP contribution is -2.26. The van der Waals surface area contributed by atoms with Crippen molar-refractivity contribution in [2.75, 3.05) is 5.32 Å². The molecule has 2 heterocycles. The van der Waals surface area contributed by atoms with Crippen LogP contribution in [0.1, 0.15) is 47.2 Å². The smallest absolute Gasteiger partial charge is 0.303 e. The fourth-order valence-electron chi connectivity index (χ4n) is 3.22. The molecule has 0 saturated carbocycles. The number of carboxylic acids is 1. The Morgan fingerprint density at radius 1 is 1.24 bits per heavy atom. The van der Waals surface area contributed by atoms with E-state index in [0.29, 0.717) is 51.6 Å². The van der Waals surface area contributed by atoms with Gasteiger partial charge >= 0.3 is 5.97 Å². The SMILES string of the molecule is CCCc1nc2sc(C(=O)Nc3ccccc3)c(C)c2c(=O)n1CCCC(=O)O. The van der Waals surface area contributed by atoms with E-state index in [1.807, 2.05) is 25.1 Å². The molecule has 0 unspecified atom stereocenters. The molecule has 0 radical (unpaired) electrons. The number of aryl methyl sites for hydroxylation is 2. The van der Waals surface area contributed by atoms with Crippen molar-refractivity contribution < 1.29 is 14.7 Å². The van der Waals surface area contributed by atoms with Crippen molar-refractivity contribution >= 4 is 39.1 Å². The average Bonchev–Trinajstić information content (AvgIpc) is 3.01. The molecule has 29 heavy (non-hydrogen) atoms. The fourth-order valence-corrected chi connectivity index (χ4v) is 4.30. The van der Waals surface area contributed by atoms with E-state index in [0.717, 1.165) is 6.42 Å². The van der Waals surface area contributed by atoms with Gasteiger partial charge in [-0.3, -0.25) is 19.0 Å². The molecule has 2 N–H and O–H groups in total. The Morgan fingerprint density at radius 3 is 2.62 bits per heavy atom. The van der Waals surface area contributed by atoms with Crippen LogP contribution in [0.3, 0.4) is 0 Å². The predicted molar refractivity (Wildman–Crippen MR) is 114 cm³/mol. The number of para-hydroxylation sites is 1. The number of aliphatic carboxylic acids is 1. The molecule has 0 saturated heterocycles. The average molecular weight is 413 g/mol. The minimum Gasteiger partial charge on any atom is -0.481 e. The third-order valence-electron chi connectivity index (χ3n) is 4.61. The zero-order valence-corrected chi connectivity index (χ0v) is 17.2. The largest absolute Gasteiger partial charge is 0.481 e. The maximum absolute atomic E-state index is 13.2. The van der Waals surface area contributed by atoms with Gasteiger partial charge in [0.15, 0.2) is 0 Å². The number of amides is 1. The zero-order valence-electron chi connectivity index (χ0n) is 16.4. The Bertz CT molecular complexity index is 1100. The summed E-state index contributed by atoms with van der Waals surface area (Å²) in [5.74, 6) is -0.534. The van der Waals surface area contributed by atoms with Crippen molar-refractivity contribution in [2.45, 2.75) is 46.1 Å². The predicted octanol–water partition coefficient (Wildman–Crippen LogP) is 3.84. The second-order valence-corrected chi connectivity index (χ2v) is 7.79. The molecule has 8 heteroatoms. The van der Waals surface area contributed by atoms with Crippen molar-refractivity contribution in [3.8, 4) is 0 Å². The van der Waals surface area contributed by atoms with Crippen LogP contribution in [-0.2, 0) is 17.8 Å². The third kappa shape index (κ3) is 4.54. The van der Waals surface area contributed by atoms with Crippen LogP contribution in [0.15, 0.2) is 35.1 Å². The number of rotatable bonds is 8. The van der Waals surface area contributed by atoms with Crippen LogP contribution >= 0.6 is 11.3 Å². The van der Waals surface area contributed by atoms with Gasteiger partial charge in [-0.2, -0.15) is 0 Å². The van der Waals surface area contributed by atoms with Crippen LogP contribution < -0.4 is 10.9 Å². The first-order valence-electron chi connectivity index (χ1n) is 9.53. The van der Waals surface area contributed by atoms with Crippen molar-refractivity contribution in [3.05, 3.63) is 57.0 Å². The highest BCUT2D eigenvalue weighted by molar-refractivity contribution is 7.20. The number of benzene rings is 1. The molecular weight excluding hydrogens is 390 g/mol. The Morgan fingerprint density at radius 2 is 1.97 bits per heavy atom. The molecule has 1 amide bonds. The van der Waals surface area contributed by atoms with Crippen molar-refractivity contribution in [3.63, 3.8) is 0 Å². The highest BCUT2D eigenvalue weighted by Gasteiger charge is 2.21. The molecule has 3 aromatic rings. The molecule has 152 valence electrons. The Kier molecular flexibility index (Phi) is 6.43. The molecule has 0 spiro atoms. The van der Waals surface area contributed by atoms with Gasteiger partial charge in [-0.05, 0) is 37.5 Å². The summed E-state index contributed by atoms with van der Waals surface area (Å²) in [5.41, 5.74) is 1.07. The van der Waals surface area contributed by atoms with E-state index in [1.54, 1.807) is 23.6 Å². The second kappa shape index (κ2) is 9.00. The summed E-state index contributed by atoms with van der Waals surface area (Å²) < 4.78 is 1.56. The lowest BCUT2D eigenvalue weighted by molar-refractivity contribution is -0.137. The first-order chi connectivity index (χ1) is 13.9. The number of thiophene rings is 1. The van der Waals surface area contributed by atoms with Gasteiger partial charge in [-0.25, -0.2) is 4.98 Å². The topological polar surface area (TPSA) is 101 Å². The number of aromatic nitrogens is 2. The molecule has 0 aliphatic heterocycles. The summed E-state index contributed by atoms with van der Waals surface area (Å²) in [6.07, 6.45) is 1.76. The quantitative estimate of drug-likeness (QED) is 0.584. The molecule has 0 aliphatic rings. The number of fused-ring (bicyclic) bond motifs is 1. The summed E-state index contributed by atoms with van der Waals surface area (Å²) >= 11 is 1.21. The van der Waals surface area contributed by atoms with Crippen molar-refractivity contribution in [2.24, 2.45) is 0 Å². The van der Waals surface area contributed by atoms with Crippen LogP contribution in [0.2, 0.25) is 0 Å². The number of nitrogens with one attached hydrogen (secondary N) is 1. The third-order valence-corrected chi connectivity index (χ3v) is 5.80. The first-order valence-corrected chi connectivity index (χ1v) is 10.3. The number of nitrogens with zero attached hydrogens (tertiary/aromatic N) is 2. The van der Waals surface area contributed by atoms with E-state index >= 15 is 0 Å². The minimum atomic E-state index is -0.893. The number of hydrogen-bond acceptors (Lipinski definition) is 5. The lowest BCUT2D eigenvalue weighted by Gasteiger charge is -2.11. The molecule has 0 atom stereocenters. The van der Waals surface area contributed by atoms with Crippen LogP contribution in [-0.4, -0.2) is 26.5 Å². The molecule has 1 aromatic carbocycles. The highest BCUT2D eigenvalue weighted by Crippen LogP contribution is 2.28. The van der Waals surface area contributed by atoms with Gasteiger partial charge in [-0.1, -0.05) is 25.1 Å². The van der Waals surface area contributed by atoms with E-state index in [2.05, 4.69) is 10.3 Å². The number of carbonyl (C=O) groups is 2. The maximum atomic E-state index is 13.2. The van der Waals surface area contributed by atoms with E-state index in [4.69, 9.17) is 5.11 Å². The second-order valence-electron chi connectivity index (χ2n) is 6.79. The molecule has 0 aliphatic carbocycles. The molecule has 2 aromatic heterocycles. The van der Waals surface area contributed by atoms with Gasteiger partial charge in [0, 0.05) is 25.1 Å². The first kappa shape index (κ1) is 20.7. The van der Waals surface area contributed by atoms with Gasteiger partial charge in [0.25, 0.3) is 11.5 Å². The van der Waals surface area contributed by atoms with E-state index in [9.17, 15) is 14.4 Å². The van der Waals surface area contributed by atoms with Gasteiger partial charge in [0.2, 0.25) is 0 Å². The number of hydrogen-bond donors (Lipinski definition) is 2. The standard InChI is InChI=1S/C21H23N3O4S/c1-3-8-15-23-20-17(21(28)24(15)12-7-11-16(25)26)13(2)18(29-20)19(27)22-14-9-5-4-6-10-14/h4-6,9-10H,3,7-8,11-12H2,1-2H3,(H,22,27)(H,25,26). The number of carbonyl (C=O) groups excluding carboxylic acids is 1. The fraction of sp³-hybridized carbons (Fsp3) is 0.333. The van der Waals surface area contributed by atoms with Crippen LogP contribution in [0.5, 0.6) is 0 Å². The minimum absolute atomic E-state index is 0.0105. The van der Waals surface area contributed by atoms with Gasteiger partial charge in [0.05, 0.1) is 10.3 Å². The normalized spacial score (nSPS) is 11.0.